The summed E-state index contributed by atoms with van der Waals surface area (Å²) in [5, 5.41) is 2.80. The number of hydrogen-bond acceptors (Lipinski definition) is 4. The number of nitrogens with zero attached hydrogens (tertiary/aromatic N) is 1. The zero-order valence-corrected chi connectivity index (χ0v) is 20.2. The van der Waals surface area contributed by atoms with Gasteiger partial charge in [-0.05, 0) is 73.9 Å². The number of carbonyl (C=O) groups is 2. The molecule has 3 aromatic carbocycles. The lowest BCUT2D eigenvalue weighted by atomic mass is 10.1. The Labute approximate surface area is 198 Å². The summed E-state index contributed by atoms with van der Waals surface area (Å²) in [6.07, 6.45) is 0. The number of carbonyl (C=O) groups excluding carboxylic acids is 2. The Morgan fingerprint density at radius 1 is 0.941 bits per heavy atom. The summed E-state index contributed by atoms with van der Waals surface area (Å²) in [6, 6.07) is 15.1. The van der Waals surface area contributed by atoms with E-state index in [0.717, 1.165) is 17.2 Å². The second kappa shape index (κ2) is 10.0. The van der Waals surface area contributed by atoms with Gasteiger partial charge >= 0.3 is 0 Å². The number of amides is 2. The van der Waals surface area contributed by atoms with Crippen LogP contribution in [0.3, 0.4) is 0 Å². The van der Waals surface area contributed by atoms with Gasteiger partial charge in [-0.25, -0.2) is 12.8 Å². The molecule has 0 aliphatic carbocycles. The van der Waals surface area contributed by atoms with Gasteiger partial charge in [-0.1, -0.05) is 24.3 Å². The molecule has 3 aromatic rings. The van der Waals surface area contributed by atoms with Crippen LogP contribution in [-0.2, 0) is 14.8 Å². The summed E-state index contributed by atoms with van der Waals surface area (Å²) >= 11 is 0. The average molecular weight is 484 g/mol. The van der Waals surface area contributed by atoms with Crippen LogP contribution in [0.1, 0.15) is 27.0 Å². The molecule has 178 valence electrons. The summed E-state index contributed by atoms with van der Waals surface area (Å²) in [5.74, 6) is -1.45. The third-order valence-corrected chi connectivity index (χ3v) is 6.80. The second-order valence-electron chi connectivity index (χ2n) is 8.05. The smallest absolute Gasteiger partial charge is 0.261 e. The standard InChI is InChI=1S/C25H26FN3O4S/c1-16-7-5-10-23(18(16)3)27-24(30)15-29(4)25(31)19-8-6-9-20(13-19)28-34(32,33)21-12-11-17(2)22(26)14-21/h5-14,28H,15H2,1-4H3,(H,27,30). The van der Waals surface area contributed by atoms with E-state index >= 15 is 0 Å². The molecule has 0 bridgehead atoms. The van der Waals surface area contributed by atoms with Crippen LogP contribution < -0.4 is 10.0 Å². The monoisotopic (exact) mass is 483 g/mol. The fourth-order valence-corrected chi connectivity index (χ4v) is 4.32. The Morgan fingerprint density at radius 3 is 2.35 bits per heavy atom. The van der Waals surface area contributed by atoms with Gasteiger partial charge in [0.2, 0.25) is 5.91 Å². The molecule has 7 nitrogen and oxygen atoms in total. The van der Waals surface area contributed by atoms with E-state index in [1.807, 2.05) is 26.0 Å². The van der Waals surface area contributed by atoms with Gasteiger partial charge in [0.1, 0.15) is 5.82 Å². The first-order valence-corrected chi connectivity index (χ1v) is 12.0. The van der Waals surface area contributed by atoms with Gasteiger partial charge in [-0.2, -0.15) is 0 Å². The zero-order chi connectivity index (χ0) is 25.0. The van der Waals surface area contributed by atoms with E-state index in [1.165, 1.54) is 55.3 Å². The van der Waals surface area contributed by atoms with E-state index in [-0.39, 0.29) is 28.6 Å². The van der Waals surface area contributed by atoms with E-state index < -0.39 is 21.7 Å². The fourth-order valence-electron chi connectivity index (χ4n) is 3.25. The van der Waals surface area contributed by atoms with Crippen LogP contribution in [0, 0.1) is 26.6 Å². The number of nitrogens with one attached hydrogen (secondary N) is 2. The predicted octanol–water partition coefficient (Wildman–Crippen LogP) is 4.26. The molecule has 0 radical (unpaired) electrons. The van der Waals surface area contributed by atoms with Crippen molar-refractivity contribution in [2.75, 3.05) is 23.6 Å². The molecule has 0 aliphatic heterocycles. The first kappa shape index (κ1) is 24.9. The third kappa shape index (κ3) is 5.79. The molecule has 2 amide bonds. The van der Waals surface area contributed by atoms with Crippen molar-refractivity contribution in [1.82, 2.24) is 4.90 Å². The number of likely N-dealkylation sites (N-methyl/N-ethyl adjacent to an activating group) is 1. The Bertz CT molecular complexity index is 1360. The minimum Gasteiger partial charge on any atom is -0.332 e. The van der Waals surface area contributed by atoms with Crippen molar-refractivity contribution in [2.24, 2.45) is 0 Å². The van der Waals surface area contributed by atoms with Crippen LogP contribution in [0.4, 0.5) is 15.8 Å². The molecule has 0 atom stereocenters. The fraction of sp³-hybridized carbons (Fsp3) is 0.200. The highest BCUT2D eigenvalue weighted by atomic mass is 32.2. The van der Waals surface area contributed by atoms with Crippen LogP contribution >= 0.6 is 0 Å². The summed E-state index contributed by atoms with van der Waals surface area (Å²) in [4.78, 5) is 26.3. The first-order chi connectivity index (χ1) is 16.0. The molecule has 3 rings (SSSR count). The van der Waals surface area contributed by atoms with Gasteiger partial charge in [-0.3, -0.25) is 14.3 Å². The molecular formula is C25H26FN3O4S. The zero-order valence-electron chi connectivity index (χ0n) is 19.3. The molecule has 0 saturated carbocycles. The van der Waals surface area contributed by atoms with Crippen molar-refractivity contribution in [2.45, 2.75) is 25.7 Å². The number of anilines is 2. The predicted molar refractivity (Wildman–Crippen MR) is 130 cm³/mol. The van der Waals surface area contributed by atoms with Crippen molar-refractivity contribution < 1.29 is 22.4 Å². The number of hydrogen-bond donors (Lipinski definition) is 2. The topological polar surface area (TPSA) is 95.6 Å². The van der Waals surface area contributed by atoms with Gasteiger partial charge in [-0.15, -0.1) is 0 Å². The van der Waals surface area contributed by atoms with Crippen molar-refractivity contribution in [3.05, 3.63) is 88.7 Å². The molecule has 34 heavy (non-hydrogen) atoms. The number of sulfonamides is 1. The highest BCUT2D eigenvalue weighted by Gasteiger charge is 2.19. The van der Waals surface area contributed by atoms with Gasteiger partial charge in [0.15, 0.2) is 0 Å². The quantitative estimate of drug-likeness (QED) is 0.525. The van der Waals surface area contributed by atoms with Crippen molar-refractivity contribution in [1.29, 1.82) is 0 Å². The van der Waals surface area contributed by atoms with Crippen molar-refractivity contribution in [3.63, 3.8) is 0 Å². The maximum Gasteiger partial charge on any atom is 0.261 e. The SMILES string of the molecule is Cc1ccc(S(=O)(=O)Nc2cccc(C(=O)N(C)CC(=O)Nc3cccc(C)c3C)c2)cc1F. The third-order valence-electron chi connectivity index (χ3n) is 5.42. The highest BCUT2D eigenvalue weighted by molar-refractivity contribution is 7.92. The van der Waals surface area contributed by atoms with E-state index in [9.17, 15) is 22.4 Å². The van der Waals surface area contributed by atoms with Crippen LogP contribution in [0.2, 0.25) is 0 Å². The Balaban J connectivity index is 1.70. The molecule has 0 heterocycles. The minimum absolute atomic E-state index is 0.139. The summed E-state index contributed by atoms with van der Waals surface area (Å²) in [5.41, 5.74) is 3.32. The average Bonchev–Trinajstić information content (AvgIpc) is 2.78. The summed E-state index contributed by atoms with van der Waals surface area (Å²) in [7, 11) is -2.57. The van der Waals surface area contributed by atoms with Crippen LogP contribution in [0.15, 0.2) is 65.6 Å². The van der Waals surface area contributed by atoms with E-state index in [4.69, 9.17) is 0 Å². The molecular weight excluding hydrogens is 457 g/mol. The highest BCUT2D eigenvalue weighted by Crippen LogP contribution is 2.21. The lowest BCUT2D eigenvalue weighted by Gasteiger charge is -2.18. The minimum atomic E-state index is -4.06. The van der Waals surface area contributed by atoms with Crippen molar-refractivity contribution in [3.8, 4) is 0 Å². The largest absolute Gasteiger partial charge is 0.332 e. The summed E-state index contributed by atoms with van der Waals surface area (Å²) in [6.45, 7) is 5.19. The van der Waals surface area contributed by atoms with Crippen LogP contribution in [0.5, 0.6) is 0 Å². The van der Waals surface area contributed by atoms with Crippen molar-refractivity contribution >= 4 is 33.2 Å². The molecule has 0 saturated heterocycles. The number of benzene rings is 3. The lowest BCUT2D eigenvalue weighted by molar-refractivity contribution is -0.116. The molecule has 0 aliphatic rings. The molecule has 0 spiro atoms. The molecule has 0 fully saturated rings. The van der Waals surface area contributed by atoms with Crippen LogP contribution in [0.25, 0.3) is 0 Å². The van der Waals surface area contributed by atoms with Crippen LogP contribution in [-0.4, -0.2) is 38.7 Å². The van der Waals surface area contributed by atoms with Gasteiger partial charge < -0.3 is 10.2 Å². The Hall–Kier alpha value is -3.72. The molecule has 2 N–H and O–H groups in total. The molecule has 9 heteroatoms. The van der Waals surface area contributed by atoms with Gasteiger partial charge in [0.05, 0.1) is 11.4 Å². The number of aryl methyl sites for hydroxylation is 2. The molecule has 0 aromatic heterocycles. The van der Waals surface area contributed by atoms with Gasteiger partial charge in [0, 0.05) is 24.0 Å². The van der Waals surface area contributed by atoms with E-state index in [0.29, 0.717) is 11.3 Å². The first-order valence-electron chi connectivity index (χ1n) is 10.5. The molecule has 0 unspecified atom stereocenters. The Morgan fingerprint density at radius 2 is 1.65 bits per heavy atom. The lowest BCUT2D eigenvalue weighted by Crippen LogP contribution is -2.35. The maximum atomic E-state index is 13.8. The maximum absolute atomic E-state index is 13.8. The van der Waals surface area contributed by atoms with E-state index in [2.05, 4.69) is 10.0 Å². The Kier molecular flexibility index (Phi) is 7.36. The number of rotatable bonds is 7. The van der Waals surface area contributed by atoms with E-state index in [1.54, 1.807) is 6.07 Å². The number of halogens is 1. The second-order valence-corrected chi connectivity index (χ2v) is 9.74. The normalized spacial score (nSPS) is 11.1. The van der Waals surface area contributed by atoms with Gasteiger partial charge in [0.25, 0.3) is 15.9 Å². The summed E-state index contributed by atoms with van der Waals surface area (Å²) < 4.78 is 41.4.